The van der Waals surface area contributed by atoms with Crippen molar-refractivity contribution in [2.75, 3.05) is 18.6 Å². The Kier molecular flexibility index (Phi) is 6.11. The van der Waals surface area contributed by atoms with Crippen molar-refractivity contribution >= 4 is 28.2 Å². The van der Waals surface area contributed by atoms with Crippen molar-refractivity contribution in [3.63, 3.8) is 0 Å². The molecular weight excluding hydrogens is 462 g/mol. The van der Waals surface area contributed by atoms with Crippen molar-refractivity contribution in [3.05, 3.63) is 53.4 Å². The predicted molar refractivity (Wildman–Crippen MR) is 124 cm³/mol. The molecule has 2 aromatic heterocycles. The van der Waals surface area contributed by atoms with E-state index in [2.05, 4.69) is 4.98 Å². The molecule has 10 nitrogen and oxygen atoms in total. The van der Waals surface area contributed by atoms with Gasteiger partial charge in [0.25, 0.3) is 5.91 Å². The van der Waals surface area contributed by atoms with Gasteiger partial charge in [0.2, 0.25) is 12.2 Å². The third-order valence-electron chi connectivity index (χ3n) is 5.95. The summed E-state index contributed by atoms with van der Waals surface area (Å²) in [7, 11) is 1.49. The number of aromatic nitrogens is 1. The summed E-state index contributed by atoms with van der Waals surface area (Å²) in [6.45, 7) is 4.25. The molecule has 180 valence electrons. The Bertz CT molecular complexity index is 1220. The second-order valence-corrected chi connectivity index (χ2v) is 9.37. The molecule has 4 rings (SSSR count). The number of carboxylic acid groups (broad SMARTS) is 1. The number of fused-ring (bicyclic) bond motifs is 1. The Balaban J connectivity index is 1.85. The van der Waals surface area contributed by atoms with Crippen molar-refractivity contribution in [1.82, 2.24) is 9.88 Å². The molecule has 3 heterocycles. The monoisotopic (exact) mass is 487 g/mol. The minimum absolute atomic E-state index is 0.140. The van der Waals surface area contributed by atoms with Crippen LogP contribution >= 0.6 is 11.3 Å². The number of hydrogen-bond donors (Lipinski definition) is 3. The molecule has 0 saturated carbocycles. The molecule has 2 atom stereocenters. The van der Waals surface area contributed by atoms with E-state index in [0.717, 1.165) is 4.90 Å². The highest BCUT2D eigenvalue weighted by Crippen LogP contribution is 2.47. The van der Waals surface area contributed by atoms with Gasteiger partial charge in [0, 0.05) is 5.56 Å². The van der Waals surface area contributed by atoms with Crippen LogP contribution in [0, 0.1) is 6.92 Å². The number of β-amino-alcohol motifs (C(OH)–C–C–N with tert-alkyl or cyclic N) is 1. The number of carbonyl (C=O) groups excluding carboxylic acids is 1. The van der Waals surface area contributed by atoms with Gasteiger partial charge in [-0.25, -0.2) is 9.78 Å². The molecule has 1 aliphatic rings. The second-order valence-electron chi connectivity index (χ2n) is 8.37. The molecule has 0 aliphatic carbocycles. The number of carbonyl (C=O) groups is 2. The van der Waals surface area contributed by atoms with Gasteiger partial charge in [0.1, 0.15) is 28.7 Å². The summed E-state index contributed by atoms with van der Waals surface area (Å²) in [5.41, 5.74) is -0.479. The van der Waals surface area contributed by atoms with Crippen molar-refractivity contribution in [2.24, 2.45) is 0 Å². The van der Waals surface area contributed by atoms with Crippen molar-refractivity contribution in [1.29, 1.82) is 0 Å². The van der Waals surface area contributed by atoms with Gasteiger partial charge in [-0.1, -0.05) is 18.2 Å². The van der Waals surface area contributed by atoms with Gasteiger partial charge in [-0.3, -0.25) is 9.69 Å². The van der Waals surface area contributed by atoms with E-state index in [-0.39, 0.29) is 12.1 Å². The van der Waals surface area contributed by atoms with E-state index in [4.69, 9.17) is 9.15 Å². The van der Waals surface area contributed by atoms with Gasteiger partial charge in [-0.05, 0) is 32.4 Å². The minimum atomic E-state index is -1.74. The minimum Gasteiger partial charge on any atom is -0.496 e. The summed E-state index contributed by atoms with van der Waals surface area (Å²) >= 11 is 1.18. The topological polar surface area (TPSA) is 137 Å². The molecule has 1 aromatic carbocycles. The van der Waals surface area contributed by atoms with Crippen molar-refractivity contribution in [2.45, 2.75) is 38.8 Å². The van der Waals surface area contributed by atoms with Crippen LogP contribution in [-0.2, 0) is 4.79 Å². The molecule has 1 amide bonds. The second kappa shape index (κ2) is 8.75. The Morgan fingerprint density at radius 1 is 1.35 bits per heavy atom. The Hall–Kier alpha value is -3.41. The number of rotatable bonds is 7. The van der Waals surface area contributed by atoms with E-state index < -0.39 is 29.9 Å². The number of oxazole rings is 1. The molecule has 3 N–H and O–H groups in total. The quantitative estimate of drug-likeness (QED) is 0.459. The Labute approximate surface area is 199 Å². The summed E-state index contributed by atoms with van der Waals surface area (Å²) in [5.74, 6) is -1.16. The smallest absolute Gasteiger partial charge is 0.329 e. The number of hydrogen-bond acceptors (Lipinski definition) is 9. The number of ether oxygens (including phenoxy) is 1. The molecule has 1 unspecified atom stereocenters. The van der Waals surface area contributed by atoms with E-state index in [1.54, 1.807) is 31.2 Å². The summed E-state index contributed by atoms with van der Waals surface area (Å²) in [4.78, 5) is 32.6. The first-order valence-electron chi connectivity index (χ1n) is 10.5. The fraction of sp³-hybridized carbons (Fsp3) is 0.348. The number of aliphatic carboxylic acids is 1. The third-order valence-corrected chi connectivity index (χ3v) is 7.27. The number of amides is 1. The van der Waals surface area contributed by atoms with Crippen molar-refractivity contribution < 1.29 is 34.1 Å². The number of methoxy groups -OCH3 is 1. The molecule has 3 aromatic rings. The summed E-state index contributed by atoms with van der Waals surface area (Å²) in [6, 6.07) is 6.92. The van der Waals surface area contributed by atoms with Crippen LogP contribution in [0.15, 0.2) is 41.1 Å². The van der Waals surface area contributed by atoms with Crippen molar-refractivity contribution in [3.8, 4) is 16.5 Å². The number of carboxylic acids is 1. The van der Waals surface area contributed by atoms with Gasteiger partial charge in [0.15, 0.2) is 0 Å². The number of nitrogens with zero attached hydrogens (tertiary/aromatic N) is 3. The van der Waals surface area contributed by atoms with Crippen LogP contribution in [0.5, 0.6) is 5.75 Å². The lowest BCUT2D eigenvalue weighted by molar-refractivity contribution is -0.154. The highest BCUT2D eigenvalue weighted by molar-refractivity contribution is 7.20. The average Bonchev–Trinajstić information content (AvgIpc) is 3.44. The zero-order chi connectivity index (χ0) is 24.8. The summed E-state index contributed by atoms with van der Waals surface area (Å²) < 4.78 is 10.8. The third kappa shape index (κ3) is 3.71. The van der Waals surface area contributed by atoms with Crippen LogP contribution in [0.3, 0.4) is 0 Å². The summed E-state index contributed by atoms with van der Waals surface area (Å²) in [5, 5.41) is 32.5. The standard InChI is InChI=1S/C23H25N3O7S/c1-12-16-19(28)26(23(2,3)21(29)30)22(31)25(20(16)34-17(12)18-24-9-10-33-18)11-14(27)13-7-5-6-8-15(13)32-4/h5-10,14,22,27,31H,11H2,1-4H3,(H,29,30)/t14-,22?/m0/s1. The molecule has 1 aliphatic heterocycles. The van der Waals surface area contributed by atoms with E-state index >= 15 is 0 Å². The van der Waals surface area contributed by atoms with E-state index in [1.165, 1.54) is 49.7 Å². The SMILES string of the molecule is COc1ccccc1[C@@H](O)CN1c2sc(-c3ncco3)c(C)c2C(=O)N(C(C)(C)C(=O)O)C1O. The molecule has 0 bridgehead atoms. The van der Waals surface area contributed by atoms with Gasteiger partial charge in [-0.15, -0.1) is 11.3 Å². The van der Waals surface area contributed by atoms with Crippen LogP contribution in [0.2, 0.25) is 0 Å². The normalized spacial score (nSPS) is 17.0. The van der Waals surface area contributed by atoms with Gasteiger partial charge >= 0.3 is 5.97 Å². The summed E-state index contributed by atoms with van der Waals surface area (Å²) in [6.07, 6.45) is 0.126. The predicted octanol–water partition coefficient (Wildman–Crippen LogP) is 2.86. The molecule has 0 fully saturated rings. The van der Waals surface area contributed by atoms with Crippen LogP contribution < -0.4 is 9.64 Å². The molecule has 34 heavy (non-hydrogen) atoms. The number of thiophene rings is 1. The Morgan fingerprint density at radius 3 is 2.68 bits per heavy atom. The highest BCUT2D eigenvalue weighted by atomic mass is 32.1. The first-order valence-corrected chi connectivity index (χ1v) is 11.3. The molecule has 11 heteroatoms. The zero-order valence-electron chi connectivity index (χ0n) is 19.1. The lowest BCUT2D eigenvalue weighted by atomic mass is 9.98. The lowest BCUT2D eigenvalue weighted by Crippen LogP contribution is -2.65. The van der Waals surface area contributed by atoms with E-state index in [9.17, 15) is 24.9 Å². The average molecular weight is 488 g/mol. The first kappa shape index (κ1) is 23.7. The molecular formula is C23H25N3O7S. The maximum Gasteiger partial charge on any atom is 0.329 e. The molecule has 0 spiro atoms. The number of anilines is 1. The van der Waals surface area contributed by atoms with Crippen LogP contribution in [-0.4, -0.2) is 62.6 Å². The zero-order valence-corrected chi connectivity index (χ0v) is 19.9. The fourth-order valence-electron chi connectivity index (χ4n) is 4.01. The Morgan fingerprint density at radius 2 is 2.06 bits per heavy atom. The fourth-order valence-corrected chi connectivity index (χ4v) is 5.28. The first-order chi connectivity index (χ1) is 16.1. The van der Waals surface area contributed by atoms with E-state index in [1.807, 2.05) is 0 Å². The molecule has 0 radical (unpaired) electrons. The number of para-hydroxylation sites is 1. The van der Waals surface area contributed by atoms with E-state index in [0.29, 0.717) is 32.6 Å². The molecule has 0 saturated heterocycles. The van der Waals surface area contributed by atoms with Gasteiger partial charge in [-0.2, -0.15) is 0 Å². The van der Waals surface area contributed by atoms with Crippen LogP contribution in [0.4, 0.5) is 5.00 Å². The van der Waals surface area contributed by atoms with Crippen LogP contribution in [0.25, 0.3) is 10.8 Å². The lowest BCUT2D eigenvalue weighted by Gasteiger charge is -2.47. The maximum atomic E-state index is 13.5. The number of aliphatic hydroxyl groups is 2. The largest absolute Gasteiger partial charge is 0.496 e. The number of aliphatic hydroxyl groups excluding tert-OH is 2. The number of benzene rings is 1. The highest BCUT2D eigenvalue weighted by Gasteiger charge is 2.50. The van der Waals surface area contributed by atoms with Gasteiger partial charge < -0.3 is 29.4 Å². The van der Waals surface area contributed by atoms with Crippen LogP contribution in [0.1, 0.15) is 41.4 Å². The maximum absolute atomic E-state index is 13.5. The van der Waals surface area contributed by atoms with Gasteiger partial charge in [0.05, 0.1) is 30.3 Å².